The molecule has 0 N–H and O–H groups in total. The van der Waals surface area contributed by atoms with Crippen LogP contribution in [0.25, 0.3) is 0 Å². The average Bonchev–Trinajstić information content (AvgIpc) is 2.97. The largest absolute Gasteiger partial charge is 0.377 e. The van der Waals surface area contributed by atoms with Gasteiger partial charge in [0.25, 0.3) is 0 Å². The predicted octanol–water partition coefficient (Wildman–Crippen LogP) is -0.0529. The fraction of sp³-hybridized carbons (Fsp3) is 0.941. The Labute approximate surface area is 140 Å². The lowest BCUT2D eigenvalue weighted by atomic mass is 10.2. The van der Waals surface area contributed by atoms with Crippen LogP contribution in [-0.2, 0) is 9.53 Å². The fourth-order valence-electron chi connectivity index (χ4n) is 3.81. The summed E-state index contributed by atoms with van der Waals surface area (Å²) in [4.78, 5) is 21.7. The Bertz CT molecular complexity index is 379. The van der Waals surface area contributed by atoms with E-state index in [1.165, 1.54) is 19.3 Å². The van der Waals surface area contributed by atoms with Crippen molar-refractivity contribution < 1.29 is 9.53 Å². The van der Waals surface area contributed by atoms with Gasteiger partial charge in [-0.15, -0.1) is 0 Å². The topological polar surface area (TPSA) is 39.3 Å². The molecule has 0 aromatic heterocycles. The molecule has 1 atom stereocenters. The highest BCUT2D eigenvalue weighted by molar-refractivity contribution is 5.78. The molecule has 0 aliphatic carbocycles. The van der Waals surface area contributed by atoms with Gasteiger partial charge in [-0.05, 0) is 39.4 Å². The molecule has 0 radical (unpaired) electrons. The molecule has 3 rings (SSSR count). The summed E-state index contributed by atoms with van der Waals surface area (Å²) < 4.78 is 5.72. The summed E-state index contributed by atoms with van der Waals surface area (Å²) in [5.41, 5.74) is 0. The second kappa shape index (κ2) is 8.42. The lowest BCUT2D eigenvalue weighted by molar-refractivity contribution is -0.134. The SMILES string of the molecule is CN1CCCN(CC(=O)N2CCN(C[C@H]3CCCO3)CC2)CC1. The molecule has 6 heteroatoms. The van der Waals surface area contributed by atoms with Crippen LogP contribution < -0.4 is 0 Å². The van der Waals surface area contributed by atoms with Gasteiger partial charge in [-0.1, -0.05) is 0 Å². The van der Waals surface area contributed by atoms with Gasteiger partial charge in [-0.3, -0.25) is 14.6 Å². The normalized spacial score (nSPS) is 28.9. The van der Waals surface area contributed by atoms with Crippen LogP contribution in [0, 0.1) is 0 Å². The van der Waals surface area contributed by atoms with Gasteiger partial charge in [0.2, 0.25) is 5.91 Å². The minimum atomic E-state index is 0.311. The van der Waals surface area contributed by atoms with Crippen LogP contribution >= 0.6 is 0 Å². The molecule has 3 aliphatic rings. The lowest BCUT2D eigenvalue weighted by Gasteiger charge is -2.36. The molecule has 3 fully saturated rings. The van der Waals surface area contributed by atoms with Crippen molar-refractivity contribution in [1.82, 2.24) is 19.6 Å². The van der Waals surface area contributed by atoms with Crippen molar-refractivity contribution in [3.05, 3.63) is 0 Å². The Morgan fingerprint density at radius 2 is 1.74 bits per heavy atom. The van der Waals surface area contributed by atoms with Crippen LogP contribution in [-0.4, -0.2) is 111 Å². The van der Waals surface area contributed by atoms with Gasteiger partial charge in [0.05, 0.1) is 12.6 Å². The molecular weight excluding hydrogens is 292 g/mol. The Morgan fingerprint density at radius 1 is 0.957 bits per heavy atom. The first kappa shape index (κ1) is 17.1. The first-order valence-corrected chi connectivity index (χ1v) is 9.23. The number of carbonyl (C=O) groups excluding carboxylic acids is 1. The smallest absolute Gasteiger partial charge is 0.236 e. The minimum absolute atomic E-state index is 0.311. The van der Waals surface area contributed by atoms with E-state index < -0.39 is 0 Å². The van der Waals surface area contributed by atoms with Crippen molar-refractivity contribution in [3.8, 4) is 0 Å². The molecule has 0 unspecified atom stereocenters. The molecule has 1 amide bonds. The van der Waals surface area contributed by atoms with E-state index in [0.717, 1.165) is 65.5 Å². The van der Waals surface area contributed by atoms with Gasteiger partial charge in [-0.2, -0.15) is 0 Å². The van der Waals surface area contributed by atoms with Gasteiger partial charge in [0.1, 0.15) is 0 Å². The maximum absolute atomic E-state index is 12.5. The van der Waals surface area contributed by atoms with Crippen LogP contribution in [0.15, 0.2) is 0 Å². The molecule has 132 valence electrons. The standard InChI is InChI=1S/C17H32N4O2/c1-18-5-3-6-19(8-7-18)15-17(22)21-11-9-20(10-12-21)14-16-4-2-13-23-16/h16H,2-15H2,1H3/t16-/m1/s1. The van der Waals surface area contributed by atoms with E-state index in [-0.39, 0.29) is 0 Å². The summed E-state index contributed by atoms with van der Waals surface area (Å²) in [5.74, 6) is 0.311. The number of likely N-dealkylation sites (N-methyl/N-ethyl adjacent to an activating group) is 1. The second-order valence-corrected chi connectivity index (χ2v) is 7.25. The monoisotopic (exact) mass is 324 g/mol. The zero-order valence-corrected chi connectivity index (χ0v) is 14.6. The van der Waals surface area contributed by atoms with Crippen molar-refractivity contribution in [1.29, 1.82) is 0 Å². The zero-order valence-electron chi connectivity index (χ0n) is 14.6. The van der Waals surface area contributed by atoms with E-state index in [9.17, 15) is 4.79 Å². The number of piperazine rings is 1. The average molecular weight is 324 g/mol. The molecule has 0 bridgehead atoms. The van der Waals surface area contributed by atoms with Crippen LogP contribution in [0.3, 0.4) is 0 Å². The fourth-order valence-corrected chi connectivity index (χ4v) is 3.81. The summed E-state index contributed by atoms with van der Waals surface area (Å²) in [5, 5.41) is 0. The molecule has 6 nitrogen and oxygen atoms in total. The number of rotatable bonds is 4. The highest BCUT2D eigenvalue weighted by Crippen LogP contribution is 2.14. The number of amides is 1. The van der Waals surface area contributed by atoms with Crippen LogP contribution in [0.1, 0.15) is 19.3 Å². The number of carbonyl (C=O) groups is 1. The molecule has 23 heavy (non-hydrogen) atoms. The molecule has 3 saturated heterocycles. The first-order chi connectivity index (χ1) is 11.2. The van der Waals surface area contributed by atoms with E-state index in [4.69, 9.17) is 4.74 Å². The van der Waals surface area contributed by atoms with Gasteiger partial charge in [0.15, 0.2) is 0 Å². The third-order valence-electron chi connectivity index (χ3n) is 5.38. The summed E-state index contributed by atoms with van der Waals surface area (Å²) in [6, 6.07) is 0. The highest BCUT2D eigenvalue weighted by Gasteiger charge is 2.26. The molecule has 0 spiro atoms. The Kier molecular flexibility index (Phi) is 6.28. The summed E-state index contributed by atoms with van der Waals surface area (Å²) in [7, 11) is 2.17. The van der Waals surface area contributed by atoms with E-state index in [0.29, 0.717) is 18.6 Å². The predicted molar refractivity (Wildman–Crippen MR) is 90.5 cm³/mol. The van der Waals surface area contributed by atoms with E-state index in [2.05, 4.69) is 26.6 Å². The van der Waals surface area contributed by atoms with Crippen molar-refractivity contribution in [2.24, 2.45) is 0 Å². The lowest BCUT2D eigenvalue weighted by Crippen LogP contribution is -2.52. The van der Waals surface area contributed by atoms with Crippen molar-refractivity contribution >= 4 is 5.91 Å². The van der Waals surface area contributed by atoms with E-state index in [1.54, 1.807) is 0 Å². The highest BCUT2D eigenvalue weighted by atomic mass is 16.5. The van der Waals surface area contributed by atoms with Crippen LogP contribution in [0.2, 0.25) is 0 Å². The van der Waals surface area contributed by atoms with Gasteiger partial charge < -0.3 is 14.5 Å². The van der Waals surface area contributed by atoms with Crippen molar-refractivity contribution in [2.75, 3.05) is 79.1 Å². The number of hydrogen-bond acceptors (Lipinski definition) is 5. The number of ether oxygens (including phenoxy) is 1. The second-order valence-electron chi connectivity index (χ2n) is 7.25. The Balaban J connectivity index is 1.37. The van der Waals surface area contributed by atoms with Crippen molar-refractivity contribution in [3.63, 3.8) is 0 Å². The van der Waals surface area contributed by atoms with Crippen molar-refractivity contribution in [2.45, 2.75) is 25.4 Å². The van der Waals surface area contributed by atoms with Gasteiger partial charge in [-0.25, -0.2) is 0 Å². The Hall–Kier alpha value is -0.690. The zero-order chi connectivity index (χ0) is 16.1. The van der Waals surface area contributed by atoms with E-state index >= 15 is 0 Å². The van der Waals surface area contributed by atoms with Crippen LogP contribution in [0.5, 0.6) is 0 Å². The quantitative estimate of drug-likeness (QED) is 0.725. The molecule has 0 saturated carbocycles. The number of hydrogen-bond donors (Lipinski definition) is 0. The molecule has 0 aromatic rings. The third-order valence-corrected chi connectivity index (χ3v) is 5.38. The van der Waals surface area contributed by atoms with Crippen LogP contribution in [0.4, 0.5) is 0 Å². The third kappa shape index (κ3) is 5.14. The maximum Gasteiger partial charge on any atom is 0.236 e. The molecule has 0 aromatic carbocycles. The molecule has 3 aliphatic heterocycles. The van der Waals surface area contributed by atoms with Gasteiger partial charge >= 0.3 is 0 Å². The van der Waals surface area contributed by atoms with E-state index in [1.807, 2.05) is 0 Å². The number of nitrogens with zero attached hydrogens (tertiary/aromatic N) is 4. The molecular formula is C17H32N4O2. The summed E-state index contributed by atoms with van der Waals surface area (Å²) in [6.45, 7) is 10.6. The summed E-state index contributed by atoms with van der Waals surface area (Å²) in [6.07, 6.45) is 3.99. The Morgan fingerprint density at radius 3 is 2.48 bits per heavy atom. The molecule has 3 heterocycles. The maximum atomic E-state index is 12.5. The van der Waals surface area contributed by atoms with Gasteiger partial charge in [0, 0.05) is 52.4 Å². The minimum Gasteiger partial charge on any atom is -0.377 e. The summed E-state index contributed by atoms with van der Waals surface area (Å²) >= 11 is 0. The first-order valence-electron chi connectivity index (χ1n) is 9.23.